The Labute approximate surface area is 212 Å². The summed E-state index contributed by atoms with van der Waals surface area (Å²) in [7, 11) is 3.96. The maximum absolute atomic E-state index is 13.4. The molecule has 1 fully saturated rings. The van der Waals surface area contributed by atoms with Crippen molar-refractivity contribution in [2.75, 3.05) is 38.6 Å². The van der Waals surface area contributed by atoms with E-state index < -0.39 is 36.2 Å². The summed E-state index contributed by atoms with van der Waals surface area (Å²) in [4.78, 5) is 41.8. The fourth-order valence-corrected chi connectivity index (χ4v) is 4.29. The lowest BCUT2D eigenvalue weighted by molar-refractivity contribution is -0.119. The van der Waals surface area contributed by atoms with Gasteiger partial charge in [-0.25, -0.2) is 14.5 Å². The van der Waals surface area contributed by atoms with E-state index in [1.807, 2.05) is 67.5 Å². The number of rotatable bonds is 11. The van der Waals surface area contributed by atoms with Crippen LogP contribution < -0.4 is 21.3 Å². The number of amides is 5. The van der Waals surface area contributed by atoms with E-state index in [4.69, 9.17) is 5.73 Å². The van der Waals surface area contributed by atoms with Crippen molar-refractivity contribution in [3.8, 4) is 0 Å². The highest BCUT2D eigenvalue weighted by atomic mass is 16.3. The van der Waals surface area contributed by atoms with Crippen LogP contribution in [-0.4, -0.2) is 84.8 Å². The molecule has 5 amide bonds. The fourth-order valence-electron chi connectivity index (χ4n) is 4.29. The summed E-state index contributed by atoms with van der Waals surface area (Å²) in [6.45, 7) is 2.71. The highest BCUT2D eigenvalue weighted by molar-refractivity contribution is 5.99. The molecule has 0 radical (unpaired) electrons. The van der Waals surface area contributed by atoms with Gasteiger partial charge in [-0.2, -0.15) is 0 Å². The van der Waals surface area contributed by atoms with E-state index in [0.717, 1.165) is 21.7 Å². The van der Waals surface area contributed by atoms with Crippen LogP contribution in [0.1, 0.15) is 18.1 Å². The Hall–Kier alpha value is -3.63. The monoisotopic (exact) mass is 496 g/mol. The van der Waals surface area contributed by atoms with Gasteiger partial charge in [0.15, 0.2) is 0 Å². The van der Waals surface area contributed by atoms with E-state index in [-0.39, 0.29) is 19.6 Å². The maximum atomic E-state index is 13.4. The number of urea groups is 2. The molecule has 36 heavy (non-hydrogen) atoms. The first-order chi connectivity index (χ1) is 17.2. The van der Waals surface area contributed by atoms with Gasteiger partial charge < -0.3 is 31.3 Å². The Kier molecular flexibility index (Phi) is 9.26. The molecule has 5 N–H and O–H groups in total. The first-order valence-electron chi connectivity index (χ1n) is 12.1. The van der Waals surface area contributed by atoms with Crippen LogP contribution in [0.2, 0.25) is 0 Å². The number of imide groups is 1. The number of carbonyl (C=O) groups is 3. The van der Waals surface area contributed by atoms with Crippen LogP contribution in [0.4, 0.5) is 15.3 Å². The van der Waals surface area contributed by atoms with Gasteiger partial charge in [-0.15, -0.1) is 0 Å². The second kappa shape index (κ2) is 12.4. The smallest absolute Gasteiger partial charge is 0.328 e. The molecule has 2 aromatic rings. The fraction of sp³-hybridized carbons (Fsp3) is 0.423. The lowest BCUT2D eigenvalue weighted by Gasteiger charge is -2.36. The Balaban J connectivity index is 1.74. The maximum Gasteiger partial charge on any atom is 0.328 e. The molecular formula is C26H36N6O4. The van der Waals surface area contributed by atoms with Crippen molar-refractivity contribution in [1.82, 2.24) is 20.4 Å². The quantitative estimate of drug-likeness (QED) is 0.369. The number of hydrogen-bond donors (Lipinski definition) is 4. The molecule has 1 saturated heterocycles. The molecule has 1 aliphatic rings. The zero-order valence-corrected chi connectivity index (χ0v) is 21.1. The minimum Gasteiger partial charge on any atom is -0.390 e. The van der Waals surface area contributed by atoms with Crippen LogP contribution in [0.15, 0.2) is 54.6 Å². The third-order valence-electron chi connectivity index (χ3n) is 6.31. The highest BCUT2D eigenvalue weighted by Gasteiger charge is 2.40. The molecule has 0 aliphatic carbocycles. The zero-order chi connectivity index (χ0) is 26.2. The first-order valence-corrected chi connectivity index (χ1v) is 12.1. The molecule has 194 valence electrons. The molecular weight excluding hydrogens is 460 g/mol. The average molecular weight is 497 g/mol. The number of nitrogens with one attached hydrogen (secondary N) is 2. The van der Waals surface area contributed by atoms with Gasteiger partial charge in [0.1, 0.15) is 6.04 Å². The summed E-state index contributed by atoms with van der Waals surface area (Å²) in [6.07, 6.45) is -0.516. The minimum absolute atomic E-state index is 0.141. The predicted molar refractivity (Wildman–Crippen MR) is 138 cm³/mol. The summed E-state index contributed by atoms with van der Waals surface area (Å²) >= 11 is 0. The Morgan fingerprint density at radius 1 is 1.17 bits per heavy atom. The summed E-state index contributed by atoms with van der Waals surface area (Å²) in [5.41, 5.74) is 8.42. The van der Waals surface area contributed by atoms with Crippen molar-refractivity contribution in [1.29, 1.82) is 0 Å². The van der Waals surface area contributed by atoms with Crippen molar-refractivity contribution in [2.24, 2.45) is 5.73 Å². The van der Waals surface area contributed by atoms with Crippen molar-refractivity contribution < 1.29 is 19.5 Å². The number of carbonyl (C=O) groups excluding carboxylic acids is 3. The van der Waals surface area contributed by atoms with Crippen LogP contribution in [0.3, 0.4) is 0 Å². The van der Waals surface area contributed by atoms with Crippen LogP contribution in [0, 0.1) is 0 Å². The molecule has 3 rings (SSSR count). The van der Waals surface area contributed by atoms with Crippen LogP contribution in [0.25, 0.3) is 0 Å². The summed E-state index contributed by atoms with van der Waals surface area (Å²) < 4.78 is 0. The molecule has 1 heterocycles. The SMILES string of the molecule is CCN(C(=O)N1C[C@@H](C(N)=O)NC1=O)[C@@H](Cc1ccccc1)[C@H](O)CNCc1cccc(N(C)C)c1. The second-order valence-electron chi connectivity index (χ2n) is 9.10. The number of benzene rings is 2. The lowest BCUT2D eigenvalue weighted by atomic mass is 9.99. The average Bonchev–Trinajstić information content (AvgIpc) is 3.26. The molecule has 0 spiro atoms. The number of anilines is 1. The number of likely N-dealkylation sites (N-methyl/N-ethyl adjacent to an activating group) is 1. The number of primary amides is 1. The molecule has 10 nitrogen and oxygen atoms in total. The third-order valence-corrected chi connectivity index (χ3v) is 6.31. The zero-order valence-electron chi connectivity index (χ0n) is 21.1. The van der Waals surface area contributed by atoms with Crippen molar-refractivity contribution in [2.45, 2.75) is 38.1 Å². The van der Waals surface area contributed by atoms with Gasteiger partial charge in [0.05, 0.1) is 18.7 Å². The molecule has 0 saturated carbocycles. The van der Waals surface area contributed by atoms with Gasteiger partial charge in [0.2, 0.25) is 5.91 Å². The van der Waals surface area contributed by atoms with E-state index >= 15 is 0 Å². The van der Waals surface area contributed by atoms with Crippen LogP contribution in [-0.2, 0) is 17.8 Å². The van der Waals surface area contributed by atoms with E-state index in [1.54, 1.807) is 6.92 Å². The molecule has 10 heteroatoms. The standard InChI is InChI=1S/C26H36N6O4/c1-4-31(26(36)32-17-21(24(27)34)29-25(32)35)22(14-18-9-6-5-7-10-18)23(33)16-28-15-19-11-8-12-20(13-19)30(2)3/h5-13,21-23,28,33H,4,14-17H2,1-3H3,(H2,27,34)(H,29,35)/t21-,22-,23+/m0/s1. The first kappa shape index (κ1) is 27.0. The van der Waals surface area contributed by atoms with E-state index in [2.05, 4.69) is 16.7 Å². The minimum atomic E-state index is -0.933. The molecule has 2 aromatic carbocycles. The Morgan fingerprint density at radius 2 is 1.86 bits per heavy atom. The summed E-state index contributed by atoms with van der Waals surface area (Å²) in [6, 6.07) is 14.9. The molecule has 0 unspecified atom stereocenters. The number of aliphatic hydroxyl groups excluding tert-OH is 1. The summed E-state index contributed by atoms with van der Waals surface area (Å²) in [5, 5.41) is 17.0. The molecule has 1 aliphatic heterocycles. The third kappa shape index (κ3) is 6.73. The number of hydrogen-bond acceptors (Lipinski definition) is 6. The second-order valence-corrected chi connectivity index (χ2v) is 9.10. The highest BCUT2D eigenvalue weighted by Crippen LogP contribution is 2.18. The Morgan fingerprint density at radius 3 is 2.47 bits per heavy atom. The van der Waals surface area contributed by atoms with Crippen LogP contribution in [0.5, 0.6) is 0 Å². The number of nitrogens with two attached hydrogens (primary N) is 1. The Bertz CT molecular complexity index is 1050. The van der Waals surface area contributed by atoms with E-state index in [0.29, 0.717) is 13.0 Å². The van der Waals surface area contributed by atoms with E-state index in [9.17, 15) is 19.5 Å². The number of nitrogens with zero attached hydrogens (tertiary/aromatic N) is 3. The molecule has 0 bridgehead atoms. The lowest BCUT2D eigenvalue weighted by Crippen LogP contribution is -2.55. The van der Waals surface area contributed by atoms with Crippen molar-refractivity contribution in [3.05, 3.63) is 65.7 Å². The predicted octanol–water partition coefficient (Wildman–Crippen LogP) is 1.14. The van der Waals surface area contributed by atoms with Gasteiger partial charge >= 0.3 is 12.1 Å². The molecule has 3 atom stereocenters. The largest absolute Gasteiger partial charge is 0.390 e. The van der Waals surface area contributed by atoms with E-state index in [1.165, 1.54) is 4.90 Å². The topological polar surface area (TPSA) is 131 Å². The van der Waals surface area contributed by atoms with Gasteiger partial charge in [0, 0.05) is 39.4 Å². The van der Waals surface area contributed by atoms with Gasteiger partial charge in [-0.3, -0.25) is 4.79 Å². The van der Waals surface area contributed by atoms with Gasteiger partial charge in [-0.05, 0) is 36.6 Å². The van der Waals surface area contributed by atoms with Crippen LogP contribution >= 0.6 is 0 Å². The van der Waals surface area contributed by atoms with Crippen molar-refractivity contribution in [3.63, 3.8) is 0 Å². The number of aliphatic hydroxyl groups is 1. The van der Waals surface area contributed by atoms with Gasteiger partial charge in [0.25, 0.3) is 0 Å². The molecule has 0 aromatic heterocycles. The normalized spacial score (nSPS) is 16.8. The van der Waals surface area contributed by atoms with Crippen molar-refractivity contribution >= 4 is 23.7 Å². The van der Waals surface area contributed by atoms with Gasteiger partial charge in [-0.1, -0.05) is 42.5 Å². The summed E-state index contributed by atoms with van der Waals surface area (Å²) in [5.74, 6) is -0.704.